The second kappa shape index (κ2) is 7.65. The maximum atomic E-state index is 11.8. The van der Waals surface area contributed by atoms with Crippen LogP contribution in [0.2, 0.25) is 0 Å². The molecule has 20 heavy (non-hydrogen) atoms. The van der Waals surface area contributed by atoms with Gasteiger partial charge in [0.25, 0.3) is 0 Å². The molecule has 0 bridgehead atoms. The fraction of sp³-hybridized carbons (Fsp3) is 0.467. The van der Waals surface area contributed by atoms with Crippen LogP contribution in [-0.2, 0) is 9.59 Å². The van der Waals surface area contributed by atoms with Crippen LogP contribution in [0.15, 0.2) is 30.3 Å². The summed E-state index contributed by atoms with van der Waals surface area (Å²) in [6, 6.07) is 9.21. The van der Waals surface area contributed by atoms with E-state index in [2.05, 4.69) is 10.6 Å². The lowest BCUT2D eigenvalue weighted by molar-refractivity contribution is -0.126. The Morgan fingerprint density at radius 3 is 2.50 bits per heavy atom. The highest BCUT2D eigenvalue weighted by Gasteiger charge is 2.26. The molecule has 4 N–H and O–H groups in total. The molecule has 0 spiro atoms. The summed E-state index contributed by atoms with van der Waals surface area (Å²) in [6.45, 7) is 3.97. The third-order valence-corrected chi connectivity index (χ3v) is 2.98. The summed E-state index contributed by atoms with van der Waals surface area (Å²) < 4.78 is 0. The first-order valence-electron chi connectivity index (χ1n) is 6.88. The number of anilines is 1. The van der Waals surface area contributed by atoms with Gasteiger partial charge < -0.3 is 16.4 Å². The highest BCUT2D eigenvalue weighted by atomic mass is 16.2. The molecule has 1 atom stereocenters. The number of nitrogens with two attached hydrogens (primary N) is 1. The molecule has 5 heteroatoms. The molecule has 1 unspecified atom stereocenters. The van der Waals surface area contributed by atoms with Crippen LogP contribution in [0.1, 0.15) is 33.1 Å². The number of carbonyl (C=O) groups is 2. The smallest absolute Gasteiger partial charge is 0.239 e. The molecule has 2 amide bonds. The maximum Gasteiger partial charge on any atom is 0.239 e. The van der Waals surface area contributed by atoms with Crippen molar-refractivity contribution in [2.24, 2.45) is 5.73 Å². The second-order valence-corrected chi connectivity index (χ2v) is 5.09. The van der Waals surface area contributed by atoms with Crippen LogP contribution >= 0.6 is 0 Å². The Morgan fingerprint density at radius 2 is 1.90 bits per heavy atom. The molecule has 0 saturated carbocycles. The van der Waals surface area contributed by atoms with Crippen molar-refractivity contribution in [3.63, 3.8) is 0 Å². The average molecular weight is 277 g/mol. The normalized spacial score (nSPS) is 13.3. The fourth-order valence-electron chi connectivity index (χ4n) is 1.87. The molecule has 0 aliphatic heterocycles. The molecular weight excluding hydrogens is 254 g/mol. The summed E-state index contributed by atoms with van der Waals surface area (Å²) in [5.41, 5.74) is 5.78. The Balaban J connectivity index is 2.30. The third kappa shape index (κ3) is 5.40. The summed E-state index contributed by atoms with van der Waals surface area (Å²) in [5, 5.41) is 5.46. The largest absolute Gasteiger partial charge is 0.354 e. The third-order valence-electron chi connectivity index (χ3n) is 2.98. The van der Waals surface area contributed by atoms with Gasteiger partial charge in [-0.25, -0.2) is 0 Å². The summed E-state index contributed by atoms with van der Waals surface area (Å²) >= 11 is 0. The number of benzene rings is 1. The van der Waals surface area contributed by atoms with Crippen molar-refractivity contribution in [2.75, 3.05) is 11.9 Å². The van der Waals surface area contributed by atoms with E-state index in [4.69, 9.17) is 5.73 Å². The van der Waals surface area contributed by atoms with E-state index in [9.17, 15) is 9.59 Å². The van der Waals surface area contributed by atoms with Crippen LogP contribution in [0.4, 0.5) is 5.69 Å². The molecule has 110 valence electrons. The minimum atomic E-state index is -0.870. The minimum absolute atomic E-state index is 0.134. The zero-order valence-electron chi connectivity index (χ0n) is 12.1. The molecule has 1 aromatic carbocycles. The quantitative estimate of drug-likeness (QED) is 0.708. The standard InChI is InChI=1S/C15H23N3O2/c1-3-10-15(2,16)14(20)17-11-9-13(19)18-12-7-5-4-6-8-12/h4-8H,3,9-11,16H2,1-2H3,(H,17,20)(H,18,19). The Labute approximate surface area is 119 Å². The Morgan fingerprint density at radius 1 is 1.25 bits per heavy atom. The van der Waals surface area contributed by atoms with Gasteiger partial charge in [0.15, 0.2) is 0 Å². The van der Waals surface area contributed by atoms with E-state index in [1.807, 2.05) is 37.3 Å². The number of para-hydroxylation sites is 1. The first-order chi connectivity index (χ1) is 9.45. The monoisotopic (exact) mass is 277 g/mol. The van der Waals surface area contributed by atoms with Crippen LogP contribution in [0.5, 0.6) is 0 Å². The van der Waals surface area contributed by atoms with E-state index in [1.54, 1.807) is 6.92 Å². The molecule has 0 aliphatic rings. The lowest BCUT2D eigenvalue weighted by atomic mass is 9.96. The van der Waals surface area contributed by atoms with Gasteiger partial charge in [-0.3, -0.25) is 9.59 Å². The van der Waals surface area contributed by atoms with Crippen LogP contribution in [-0.4, -0.2) is 23.9 Å². The van der Waals surface area contributed by atoms with Crippen molar-refractivity contribution in [1.29, 1.82) is 0 Å². The maximum absolute atomic E-state index is 11.8. The molecule has 0 radical (unpaired) electrons. The lowest BCUT2D eigenvalue weighted by Crippen LogP contribution is -2.51. The number of carbonyl (C=O) groups excluding carboxylic acids is 2. The van der Waals surface area contributed by atoms with Crippen molar-refractivity contribution in [3.05, 3.63) is 30.3 Å². The number of amides is 2. The van der Waals surface area contributed by atoms with Gasteiger partial charge in [-0.05, 0) is 25.5 Å². The molecule has 0 heterocycles. The molecule has 0 fully saturated rings. The van der Waals surface area contributed by atoms with Crippen LogP contribution in [0.3, 0.4) is 0 Å². The molecule has 0 aromatic heterocycles. The zero-order chi connectivity index (χ0) is 15.0. The molecular formula is C15H23N3O2. The minimum Gasteiger partial charge on any atom is -0.354 e. The number of hydrogen-bond donors (Lipinski definition) is 3. The summed E-state index contributed by atoms with van der Waals surface area (Å²) in [6.07, 6.45) is 1.69. The van der Waals surface area contributed by atoms with Gasteiger partial charge in [0.2, 0.25) is 11.8 Å². The van der Waals surface area contributed by atoms with Gasteiger partial charge in [-0.2, -0.15) is 0 Å². The van der Waals surface area contributed by atoms with Crippen molar-refractivity contribution in [1.82, 2.24) is 5.32 Å². The average Bonchev–Trinajstić information content (AvgIpc) is 2.39. The van der Waals surface area contributed by atoms with Crippen LogP contribution < -0.4 is 16.4 Å². The van der Waals surface area contributed by atoms with E-state index < -0.39 is 5.54 Å². The predicted octanol–water partition coefficient (Wildman–Crippen LogP) is 1.65. The topological polar surface area (TPSA) is 84.2 Å². The van der Waals surface area contributed by atoms with E-state index in [0.717, 1.165) is 12.1 Å². The number of hydrogen-bond acceptors (Lipinski definition) is 3. The van der Waals surface area contributed by atoms with Gasteiger partial charge >= 0.3 is 0 Å². The van der Waals surface area contributed by atoms with Crippen LogP contribution in [0.25, 0.3) is 0 Å². The predicted molar refractivity (Wildman–Crippen MR) is 80.2 cm³/mol. The first-order valence-corrected chi connectivity index (χ1v) is 6.88. The summed E-state index contributed by atoms with van der Waals surface area (Å²) in [5.74, 6) is -0.349. The van der Waals surface area contributed by atoms with Crippen molar-refractivity contribution in [3.8, 4) is 0 Å². The van der Waals surface area contributed by atoms with Gasteiger partial charge in [-0.15, -0.1) is 0 Å². The summed E-state index contributed by atoms with van der Waals surface area (Å²) in [7, 11) is 0. The van der Waals surface area contributed by atoms with Crippen molar-refractivity contribution >= 4 is 17.5 Å². The Hall–Kier alpha value is -1.88. The lowest BCUT2D eigenvalue weighted by Gasteiger charge is -2.22. The highest BCUT2D eigenvalue weighted by molar-refractivity contribution is 5.91. The molecule has 5 nitrogen and oxygen atoms in total. The molecule has 1 aromatic rings. The fourth-order valence-corrected chi connectivity index (χ4v) is 1.87. The van der Waals surface area contributed by atoms with E-state index in [0.29, 0.717) is 6.42 Å². The van der Waals surface area contributed by atoms with E-state index in [-0.39, 0.29) is 24.8 Å². The zero-order valence-corrected chi connectivity index (χ0v) is 12.1. The first kappa shape index (κ1) is 16.2. The van der Waals surface area contributed by atoms with E-state index >= 15 is 0 Å². The van der Waals surface area contributed by atoms with Crippen molar-refractivity contribution < 1.29 is 9.59 Å². The molecule has 1 rings (SSSR count). The van der Waals surface area contributed by atoms with Gasteiger partial charge in [-0.1, -0.05) is 31.5 Å². The SMILES string of the molecule is CCCC(C)(N)C(=O)NCCC(=O)Nc1ccccc1. The number of rotatable bonds is 7. The van der Waals surface area contributed by atoms with Gasteiger partial charge in [0, 0.05) is 18.7 Å². The Bertz CT molecular complexity index is 444. The molecule has 0 saturated heterocycles. The second-order valence-electron chi connectivity index (χ2n) is 5.09. The van der Waals surface area contributed by atoms with Crippen molar-refractivity contribution in [2.45, 2.75) is 38.6 Å². The van der Waals surface area contributed by atoms with Crippen LogP contribution in [0, 0.1) is 0 Å². The molecule has 0 aliphatic carbocycles. The van der Waals surface area contributed by atoms with Gasteiger partial charge in [0.05, 0.1) is 5.54 Å². The van der Waals surface area contributed by atoms with E-state index in [1.165, 1.54) is 0 Å². The highest BCUT2D eigenvalue weighted by Crippen LogP contribution is 2.08. The Kier molecular flexibility index (Phi) is 6.18. The number of nitrogens with one attached hydrogen (secondary N) is 2. The summed E-state index contributed by atoms with van der Waals surface area (Å²) in [4.78, 5) is 23.5. The van der Waals surface area contributed by atoms with Gasteiger partial charge in [0.1, 0.15) is 0 Å².